The largest absolute Gasteiger partial charge is 0.450 e. The predicted octanol–water partition coefficient (Wildman–Crippen LogP) is 2.79. The Bertz CT molecular complexity index is 1710. The fourth-order valence-corrected chi connectivity index (χ4v) is 9.61. The predicted molar refractivity (Wildman–Crippen MR) is 183 cm³/mol. The number of ether oxygens (including phenoxy) is 2. The molecule has 3 aliphatic heterocycles. The monoisotopic (exact) mass is 725 g/mol. The van der Waals surface area contributed by atoms with E-state index in [1.165, 1.54) is 11.0 Å². The van der Waals surface area contributed by atoms with E-state index in [-0.39, 0.29) is 31.9 Å². The van der Waals surface area contributed by atoms with Crippen LogP contribution in [0.4, 0.5) is 9.59 Å². The van der Waals surface area contributed by atoms with Crippen molar-refractivity contribution in [1.29, 1.82) is 0 Å². The molecule has 0 spiro atoms. The van der Waals surface area contributed by atoms with Crippen LogP contribution in [-0.4, -0.2) is 90.3 Å². The topological polar surface area (TPSA) is 181 Å². The first-order valence-corrected chi connectivity index (χ1v) is 19.8. The Morgan fingerprint density at radius 3 is 2.49 bits per heavy atom. The summed E-state index contributed by atoms with van der Waals surface area (Å²) in [6.07, 6.45) is 6.78. The minimum absolute atomic E-state index is 0.0476. The lowest BCUT2D eigenvalue weighted by Gasteiger charge is -2.32. The molecule has 3 heterocycles. The highest BCUT2D eigenvalue weighted by Gasteiger charge is 2.62. The second-order valence-corrected chi connectivity index (χ2v) is 16.9. The van der Waals surface area contributed by atoms with Crippen LogP contribution in [0.25, 0.3) is 0 Å². The lowest BCUT2D eigenvalue weighted by Crippen LogP contribution is -2.59. The van der Waals surface area contributed by atoms with Gasteiger partial charge in [0.25, 0.3) is 5.91 Å². The third kappa shape index (κ3) is 7.31. The molecule has 15 heteroatoms. The molecule has 3 N–H and O–H groups in total. The zero-order valence-electron chi connectivity index (χ0n) is 28.8. The Morgan fingerprint density at radius 2 is 1.76 bits per heavy atom. The Balaban J connectivity index is 1.15. The summed E-state index contributed by atoms with van der Waals surface area (Å²) >= 11 is 0. The molecule has 4 bridgehead atoms. The summed E-state index contributed by atoms with van der Waals surface area (Å²) in [5.74, 6) is -2.73. The summed E-state index contributed by atoms with van der Waals surface area (Å²) in [6.45, 7) is 4.63. The molecule has 14 nitrogen and oxygen atoms in total. The van der Waals surface area contributed by atoms with Gasteiger partial charge in [0.15, 0.2) is 0 Å². The van der Waals surface area contributed by atoms with Gasteiger partial charge in [-0.15, -0.1) is 6.58 Å². The van der Waals surface area contributed by atoms with Crippen molar-refractivity contribution < 1.29 is 41.9 Å². The van der Waals surface area contributed by atoms with Crippen molar-refractivity contribution in [2.45, 2.75) is 119 Å². The molecule has 0 radical (unpaired) electrons. The number of rotatable bonds is 7. The molecule has 1 aromatic rings. The molecule has 5 amide bonds. The molecule has 0 aromatic heterocycles. The molecular weight excluding hydrogens is 678 g/mol. The van der Waals surface area contributed by atoms with Crippen molar-refractivity contribution in [1.82, 2.24) is 25.2 Å². The lowest BCUT2D eigenvalue weighted by molar-refractivity contribution is -0.142. The molecule has 3 saturated carbocycles. The Hall–Kier alpha value is -4.14. The van der Waals surface area contributed by atoms with Crippen LogP contribution in [0, 0.1) is 11.8 Å². The number of carbonyl (C=O) groups excluding carboxylic acids is 5. The third-order valence-corrected chi connectivity index (χ3v) is 13.3. The van der Waals surface area contributed by atoms with Crippen LogP contribution < -0.4 is 15.4 Å². The zero-order valence-corrected chi connectivity index (χ0v) is 29.6. The molecular formula is C36H47N5O9S. The number of hydrogen-bond acceptors (Lipinski definition) is 9. The molecule has 3 aliphatic carbocycles. The maximum absolute atomic E-state index is 14.5. The quantitative estimate of drug-likeness (QED) is 0.357. The molecule has 7 rings (SSSR count). The average molecular weight is 726 g/mol. The number of sulfonamides is 1. The maximum atomic E-state index is 14.5. The number of nitrogens with zero attached hydrogens (tertiary/aromatic N) is 2. The lowest BCUT2D eigenvalue weighted by atomic mass is 9.96. The second kappa shape index (κ2) is 14.1. The zero-order chi connectivity index (χ0) is 35.9. The summed E-state index contributed by atoms with van der Waals surface area (Å²) in [7, 11) is -3.89. The van der Waals surface area contributed by atoms with Gasteiger partial charge in [0.1, 0.15) is 23.7 Å². The number of hydrogen-bond donors (Lipinski definition) is 3. The third-order valence-electron chi connectivity index (χ3n) is 11.4. The van der Waals surface area contributed by atoms with E-state index in [1.807, 2.05) is 12.1 Å². The highest BCUT2D eigenvalue weighted by Crippen LogP contribution is 2.45. The van der Waals surface area contributed by atoms with E-state index in [1.54, 1.807) is 4.90 Å². The molecule has 5 atom stereocenters. The first-order chi connectivity index (χ1) is 24.5. The Kier molecular flexibility index (Phi) is 9.76. The van der Waals surface area contributed by atoms with Crippen molar-refractivity contribution in [3.05, 3.63) is 47.5 Å². The smallest absolute Gasteiger partial charge is 0.410 e. The SMILES string of the molecule is C=C[C@@H]1C[C@@]1(NC(=O)[C@@H]1C[C@@H]2CN1C(=O)[C@H](C1CCCC1)NC(=O)OCCCCCc1cccc3c1CN(C3)C(=O)O2)C(=O)NS(=O)(=O)C1CC1. The van der Waals surface area contributed by atoms with Gasteiger partial charge in [0.05, 0.1) is 18.4 Å². The summed E-state index contributed by atoms with van der Waals surface area (Å²) in [4.78, 5) is 71.7. The van der Waals surface area contributed by atoms with Gasteiger partial charge in [0, 0.05) is 25.4 Å². The fraction of sp³-hybridized carbons (Fsp3) is 0.639. The molecule has 1 saturated heterocycles. The van der Waals surface area contributed by atoms with Crippen molar-refractivity contribution in [3.8, 4) is 0 Å². The summed E-state index contributed by atoms with van der Waals surface area (Å²) < 4.78 is 39.0. The van der Waals surface area contributed by atoms with Crippen LogP contribution in [0.2, 0.25) is 0 Å². The number of alkyl carbamates (subject to hydrolysis) is 1. The van der Waals surface area contributed by atoms with E-state index in [2.05, 4.69) is 28.0 Å². The van der Waals surface area contributed by atoms with E-state index in [0.29, 0.717) is 45.2 Å². The van der Waals surface area contributed by atoms with Gasteiger partial charge in [-0.3, -0.25) is 24.0 Å². The molecule has 6 aliphatic rings. The number of aryl methyl sites for hydroxylation is 1. The second-order valence-electron chi connectivity index (χ2n) is 15.0. The van der Waals surface area contributed by atoms with Crippen molar-refractivity contribution in [2.75, 3.05) is 13.2 Å². The summed E-state index contributed by atoms with van der Waals surface area (Å²) in [5.41, 5.74) is 1.75. The number of fused-ring (bicyclic) bond motifs is 3. The van der Waals surface area contributed by atoms with Gasteiger partial charge in [-0.25, -0.2) is 18.0 Å². The van der Waals surface area contributed by atoms with Crippen LogP contribution >= 0.6 is 0 Å². The first-order valence-electron chi connectivity index (χ1n) is 18.3. The summed E-state index contributed by atoms with van der Waals surface area (Å²) in [5, 5.41) is 4.92. The number of carbonyl (C=O) groups is 5. The number of cyclic esters (lactones) is 1. The minimum Gasteiger partial charge on any atom is -0.450 e. The van der Waals surface area contributed by atoms with Gasteiger partial charge in [-0.2, -0.15) is 0 Å². The van der Waals surface area contributed by atoms with Crippen molar-refractivity contribution in [3.63, 3.8) is 0 Å². The average Bonchev–Trinajstić information content (AvgIpc) is 3.88. The van der Waals surface area contributed by atoms with Gasteiger partial charge in [-0.1, -0.05) is 37.1 Å². The normalized spacial score (nSPS) is 30.3. The minimum atomic E-state index is -3.89. The number of nitrogens with one attached hydrogen (secondary N) is 3. The van der Waals surface area contributed by atoms with E-state index in [9.17, 15) is 32.4 Å². The number of benzene rings is 1. The maximum Gasteiger partial charge on any atom is 0.410 e. The van der Waals surface area contributed by atoms with Crippen LogP contribution in [-0.2, 0) is 53.4 Å². The van der Waals surface area contributed by atoms with E-state index < -0.39 is 74.8 Å². The fourth-order valence-electron chi connectivity index (χ4n) is 8.24. The summed E-state index contributed by atoms with van der Waals surface area (Å²) in [6, 6.07) is 3.91. The molecule has 51 heavy (non-hydrogen) atoms. The van der Waals surface area contributed by atoms with Gasteiger partial charge < -0.3 is 25.0 Å². The van der Waals surface area contributed by atoms with Crippen LogP contribution in [0.3, 0.4) is 0 Å². The molecule has 1 aromatic carbocycles. The molecule has 276 valence electrons. The first kappa shape index (κ1) is 35.3. The van der Waals surface area contributed by atoms with Crippen molar-refractivity contribution in [2.24, 2.45) is 11.8 Å². The highest BCUT2D eigenvalue weighted by atomic mass is 32.2. The highest BCUT2D eigenvalue weighted by molar-refractivity contribution is 7.91. The van der Waals surface area contributed by atoms with Crippen molar-refractivity contribution >= 4 is 39.9 Å². The van der Waals surface area contributed by atoms with Gasteiger partial charge >= 0.3 is 12.2 Å². The van der Waals surface area contributed by atoms with Gasteiger partial charge in [-0.05, 0) is 80.4 Å². The van der Waals surface area contributed by atoms with Crippen LogP contribution in [0.15, 0.2) is 30.9 Å². The van der Waals surface area contributed by atoms with E-state index >= 15 is 0 Å². The number of amides is 5. The van der Waals surface area contributed by atoms with E-state index in [0.717, 1.165) is 48.8 Å². The molecule has 0 unspecified atom stereocenters. The van der Waals surface area contributed by atoms with Crippen LogP contribution in [0.1, 0.15) is 87.3 Å². The van der Waals surface area contributed by atoms with E-state index in [4.69, 9.17) is 9.47 Å². The molecule has 4 fully saturated rings. The van der Waals surface area contributed by atoms with Gasteiger partial charge in [0.2, 0.25) is 21.8 Å². The standard InChI is InChI=1S/C36H47N5O9S/c1-2-25-18-36(25,33(44)39-51(47,48)27-14-15-27)38-31(42)29-17-26-20-41(29)32(43)30(23-10-5-6-11-23)37-34(45)49-16-7-3-4-9-22-12-8-13-24-19-40(21-28(22)24)35(46)50-26/h2,8,12-13,23,25-27,29-30H,1,3-7,9-11,14-21H2,(H,37,45)(H,38,42)(H,39,44)/t25-,26-,29+,30+,36+/m1/s1. The Morgan fingerprint density at radius 1 is 1.00 bits per heavy atom. The Labute approximate surface area is 298 Å². The van der Waals surface area contributed by atoms with Crippen LogP contribution in [0.5, 0.6) is 0 Å².